The van der Waals surface area contributed by atoms with Gasteiger partial charge in [-0.15, -0.1) is 0 Å². The van der Waals surface area contributed by atoms with Crippen LogP contribution in [-0.2, 0) is 20.6 Å². The third kappa shape index (κ3) is 14.5. The molecule has 1 atom stereocenters. The molecule has 3 rings (SSSR count). The molecule has 0 saturated carbocycles. The van der Waals surface area contributed by atoms with Gasteiger partial charge in [0, 0.05) is 12.1 Å². The molecule has 0 aromatic heterocycles. The Bertz CT molecular complexity index is 1070. The van der Waals surface area contributed by atoms with Crippen molar-refractivity contribution in [1.29, 1.82) is 0 Å². The Hall–Kier alpha value is -2.02. The molecule has 0 bridgehead atoms. The Kier molecular flexibility index (Phi) is 16.6. The fourth-order valence-electron chi connectivity index (χ4n) is 5.68. The smallest absolute Gasteiger partial charge is 0.338 e. The first-order chi connectivity index (χ1) is 20.9. The van der Waals surface area contributed by atoms with Gasteiger partial charge < -0.3 is 18.9 Å². The maximum Gasteiger partial charge on any atom is 0.338 e. The van der Waals surface area contributed by atoms with Crippen LogP contribution in [0.3, 0.4) is 0 Å². The summed E-state index contributed by atoms with van der Waals surface area (Å²) in [5.41, 5.74) is 1.89. The number of morpholine rings is 1. The summed E-state index contributed by atoms with van der Waals surface area (Å²) in [4.78, 5) is 22.5. The lowest BCUT2D eigenvalue weighted by molar-refractivity contribution is -0.929. The molecule has 0 amide bonds. The number of esters is 1. The van der Waals surface area contributed by atoms with Crippen LogP contribution in [0.2, 0.25) is 0 Å². The van der Waals surface area contributed by atoms with Crippen molar-refractivity contribution in [1.82, 2.24) is 5.09 Å². The van der Waals surface area contributed by atoms with Crippen molar-refractivity contribution in [2.75, 3.05) is 46.5 Å². The number of carbonyl (C=O) groups excluding carboxylic acids is 1. The zero-order chi connectivity index (χ0) is 30.6. The van der Waals surface area contributed by atoms with E-state index in [4.69, 9.17) is 9.47 Å². The van der Waals surface area contributed by atoms with Gasteiger partial charge in [0.25, 0.3) is 7.52 Å². The van der Waals surface area contributed by atoms with E-state index >= 15 is 0 Å². The molecule has 240 valence electrons. The Morgan fingerprint density at radius 1 is 0.791 bits per heavy atom. The number of hydrogen-bond acceptors (Lipinski definition) is 4. The topological polar surface area (TPSA) is 84.9 Å². The second-order valence-electron chi connectivity index (χ2n) is 12.4. The number of nitrogens with zero attached hydrogens (tertiary/aromatic N) is 1. The van der Waals surface area contributed by atoms with Gasteiger partial charge in [0.1, 0.15) is 19.6 Å². The van der Waals surface area contributed by atoms with Gasteiger partial charge in [-0.25, -0.2) is 9.88 Å². The predicted octanol–water partition coefficient (Wildman–Crippen LogP) is 7.38. The van der Waals surface area contributed by atoms with E-state index in [0.717, 1.165) is 63.0 Å². The maximum absolute atomic E-state index is 12.4. The Balaban J connectivity index is 1.06. The molecule has 43 heavy (non-hydrogen) atoms. The van der Waals surface area contributed by atoms with Gasteiger partial charge in [0.2, 0.25) is 0 Å². The molecule has 1 aliphatic rings. The molecular formula is C35H56N2O5P+. The number of rotatable bonds is 22. The molecule has 2 aromatic carbocycles. The van der Waals surface area contributed by atoms with Crippen LogP contribution in [0.25, 0.3) is 0 Å². The van der Waals surface area contributed by atoms with Crippen LogP contribution in [0, 0.1) is 0 Å². The summed E-state index contributed by atoms with van der Waals surface area (Å²) in [5, 5.41) is 3.31. The molecule has 8 heteroatoms. The molecule has 1 heterocycles. The first-order valence-corrected chi connectivity index (χ1v) is 18.3. The molecule has 2 N–H and O–H groups in total. The van der Waals surface area contributed by atoms with Crippen molar-refractivity contribution in [3.05, 3.63) is 65.7 Å². The highest BCUT2D eigenvalue weighted by Crippen LogP contribution is 2.33. The van der Waals surface area contributed by atoms with Crippen molar-refractivity contribution in [2.45, 2.75) is 96.4 Å². The monoisotopic (exact) mass is 615 g/mol. The number of carbonyl (C=O) groups is 1. The number of likely N-dealkylation sites (N-methyl/N-ethyl adjacent to an activating group) is 1. The number of hydrogen-bond donors (Lipinski definition) is 2. The zero-order valence-corrected chi connectivity index (χ0v) is 27.4. The van der Waals surface area contributed by atoms with E-state index in [-0.39, 0.29) is 5.97 Å². The highest BCUT2D eigenvalue weighted by Gasteiger charge is 2.25. The van der Waals surface area contributed by atoms with Gasteiger partial charge in [-0.3, -0.25) is 4.57 Å². The summed E-state index contributed by atoms with van der Waals surface area (Å²) in [6.07, 6.45) is 16.8. The van der Waals surface area contributed by atoms with E-state index in [2.05, 4.69) is 24.3 Å². The van der Waals surface area contributed by atoms with Gasteiger partial charge in [0.05, 0.1) is 37.7 Å². The molecule has 1 unspecified atom stereocenters. The van der Waals surface area contributed by atoms with E-state index in [0.29, 0.717) is 24.0 Å². The predicted molar refractivity (Wildman–Crippen MR) is 176 cm³/mol. The van der Waals surface area contributed by atoms with Gasteiger partial charge in [-0.2, -0.15) is 0 Å². The third-order valence-electron chi connectivity index (χ3n) is 8.54. The van der Waals surface area contributed by atoms with Crippen LogP contribution < -0.4 is 10.4 Å². The molecule has 0 spiro atoms. The summed E-state index contributed by atoms with van der Waals surface area (Å²) in [7, 11) is -1.16. The minimum Gasteiger partial charge on any atom is -0.462 e. The van der Waals surface area contributed by atoms with Gasteiger partial charge in [-0.05, 0) is 37.1 Å². The average molecular weight is 616 g/mol. The van der Waals surface area contributed by atoms with E-state index in [1.54, 1.807) is 24.3 Å². The first kappa shape index (κ1) is 35.5. The van der Waals surface area contributed by atoms with Crippen molar-refractivity contribution < 1.29 is 28.2 Å². The molecule has 1 aliphatic heterocycles. The van der Waals surface area contributed by atoms with Crippen molar-refractivity contribution >= 4 is 18.8 Å². The Morgan fingerprint density at radius 2 is 1.30 bits per heavy atom. The summed E-state index contributed by atoms with van der Waals surface area (Å²) >= 11 is 0. The van der Waals surface area contributed by atoms with Crippen LogP contribution >= 0.6 is 7.52 Å². The summed E-state index contributed by atoms with van der Waals surface area (Å²) in [6.45, 7) is 5.75. The van der Waals surface area contributed by atoms with Gasteiger partial charge >= 0.3 is 5.97 Å². The van der Waals surface area contributed by atoms with E-state index in [9.17, 15) is 14.3 Å². The van der Waals surface area contributed by atoms with Crippen LogP contribution in [-0.4, -0.2) is 61.8 Å². The van der Waals surface area contributed by atoms with Gasteiger partial charge in [0.15, 0.2) is 0 Å². The quantitative estimate of drug-likeness (QED) is 0.0622. The standard InChI is InChI=1S/C35H55N2O5P/c1-37(26-29-41-30-27-37)31-32-21-23-33(24-22-32)35(38)42-28-18-13-11-9-7-5-3-2-4-6-8-10-12-17-25-36-43(39,40)34-19-15-14-16-20-34/h14-16,19-24H,2-13,17-18,25-31H2,1H3,(H-,36,39,40)/p+1. The largest absolute Gasteiger partial charge is 0.462 e. The summed E-state index contributed by atoms with van der Waals surface area (Å²) < 4.78 is 24.3. The van der Waals surface area contributed by atoms with Crippen LogP contribution in [0.15, 0.2) is 54.6 Å². The van der Waals surface area contributed by atoms with Crippen LogP contribution in [0.4, 0.5) is 0 Å². The maximum atomic E-state index is 12.4. The first-order valence-electron chi connectivity index (χ1n) is 16.7. The van der Waals surface area contributed by atoms with E-state index in [1.165, 1.54) is 69.8 Å². The third-order valence-corrected chi connectivity index (χ3v) is 10.2. The highest BCUT2D eigenvalue weighted by molar-refractivity contribution is 7.64. The van der Waals surface area contributed by atoms with E-state index in [1.807, 2.05) is 18.2 Å². The summed E-state index contributed by atoms with van der Waals surface area (Å²) in [5.74, 6) is -0.215. The molecule has 0 aliphatic carbocycles. The van der Waals surface area contributed by atoms with Crippen LogP contribution in [0.1, 0.15) is 106 Å². The normalized spacial score (nSPS) is 16.0. The second kappa shape index (κ2) is 20.1. The molecule has 7 nitrogen and oxygen atoms in total. The lowest BCUT2D eigenvalue weighted by Crippen LogP contribution is -2.51. The van der Waals surface area contributed by atoms with Crippen molar-refractivity contribution in [3.63, 3.8) is 0 Å². The van der Waals surface area contributed by atoms with Crippen molar-refractivity contribution in [3.8, 4) is 0 Å². The van der Waals surface area contributed by atoms with Crippen molar-refractivity contribution in [2.24, 2.45) is 0 Å². The second-order valence-corrected chi connectivity index (χ2v) is 14.4. The lowest BCUT2D eigenvalue weighted by atomic mass is 10.0. The molecule has 1 fully saturated rings. The zero-order valence-electron chi connectivity index (χ0n) is 26.5. The minimum atomic E-state index is -3.43. The minimum absolute atomic E-state index is 0.215. The highest BCUT2D eigenvalue weighted by atomic mass is 31.2. The number of nitrogens with one attached hydrogen (secondary N) is 1. The number of unbranched alkanes of at least 4 members (excludes halogenated alkanes) is 13. The lowest BCUT2D eigenvalue weighted by Gasteiger charge is -2.37. The SMILES string of the molecule is C[N+]1(Cc2ccc(C(=O)OCCCCCCCCCCCCCCCCNP(=O)(O)c3ccccc3)cc2)CCOCC1. The molecule has 0 radical (unpaired) electrons. The van der Waals surface area contributed by atoms with Crippen LogP contribution in [0.5, 0.6) is 0 Å². The van der Waals surface area contributed by atoms with Gasteiger partial charge in [-0.1, -0.05) is 107 Å². The number of benzene rings is 2. The number of quaternary nitrogens is 1. The molecular weight excluding hydrogens is 559 g/mol. The number of ether oxygens (including phenoxy) is 2. The fourth-order valence-corrected chi connectivity index (χ4v) is 6.90. The Labute approximate surface area is 260 Å². The molecule has 2 aromatic rings. The average Bonchev–Trinajstić information content (AvgIpc) is 3.01. The van der Waals surface area contributed by atoms with E-state index < -0.39 is 7.52 Å². The molecule has 1 saturated heterocycles. The Morgan fingerprint density at radius 3 is 1.86 bits per heavy atom. The summed E-state index contributed by atoms with van der Waals surface area (Å²) in [6, 6.07) is 16.7. The fraction of sp³-hybridized carbons (Fsp3) is 0.629.